The van der Waals surface area contributed by atoms with Gasteiger partial charge in [0.1, 0.15) is 0 Å². The van der Waals surface area contributed by atoms with E-state index in [-0.39, 0.29) is 33.9 Å². The summed E-state index contributed by atoms with van der Waals surface area (Å²) in [6.45, 7) is -0.258. The third-order valence-corrected chi connectivity index (χ3v) is 3.04. The van der Waals surface area contributed by atoms with Crippen molar-refractivity contribution in [3.8, 4) is 0 Å². The van der Waals surface area contributed by atoms with Crippen LogP contribution in [0.2, 0.25) is 15.1 Å². The van der Waals surface area contributed by atoms with Gasteiger partial charge in [0.2, 0.25) is 0 Å². The van der Waals surface area contributed by atoms with Gasteiger partial charge in [0.15, 0.2) is 0 Å². The summed E-state index contributed by atoms with van der Waals surface area (Å²) in [5.41, 5.74) is 0.249. The fraction of sp³-hybridized carbons (Fsp3) is 0.200. The summed E-state index contributed by atoms with van der Waals surface area (Å²) >= 11 is 17.3. The Kier molecular flexibility index (Phi) is 5.68. The van der Waals surface area contributed by atoms with E-state index < -0.39 is 11.8 Å². The molecule has 0 fully saturated rings. The van der Waals surface area contributed by atoms with Crippen molar-refractivity contribution in [3.05, 3.63) is 27.2 Å². The van der Waals surface area contributed by atoms with Gasteiger partial charge >= 0.3 is 11.8 Å². The molecule has 18 heavy (non-hydrogen) atoms. The molecule has 0 bridgehead atoms. The van der Waals surface area contributed by atoms with E-state index in [1.807, 2.05) is 0 Å². The average molecular weight is 312 g/mol. The molecule has 5 nitrogen and oxygen atoms in total. The van der Waals surface area contributed by atoms with Gasteiger partial charge in [0.05, 0.1) is 21.7 Å². The second kappa shape index (κ2) is 6.80. The molecule has 0 saturated carbocycles. The molecule has 0 atom stereocenters. The number of rotatable bonds is 3. The summed E-state index contributed by atoms with van der Waals surface area (Å²) < 4.78 is 0. The minimum Gasteiger partial charge on any atom is -0.395 e. The van der Waals surface area contributed by atoms with E-state index in [0.29, 0.717) is 0 Å². The van der Waals surface area contributed by atoms with Gasteiger partial charge in [-0.05, 0) is 12.1 Å². The molecule has 0 aliphatic carbocycles. The number of aliphatic hydroxyl groups excluding tert-OH is 1. The molecular weight excluding hydrogens is 302 g/mol. The van der Waals surface area contributed by atoms with Crippen molar-refractivity contribution < 1.29 is 14.7 Å². The van der Waals surface area contributed by atoms with Crippen LogP contribution in [0.25, 0.3) is 0 Å². The van der Waals surface area contributed by atoms with Crippen LogP contribution in [0.5, 0.6) is 0 Å². The molecule has 1 aromatic carbocycles. The van der Waals surface area contributed by atoms with E-state index in [1.54, 1.807) is 0 Å². The molecular formula is C10H9Cl3N2O3. The van der Waals surface area contributed by atoms with Crippen molar-refractivity contribution in [1.82, 2.24) is 5.32 Å². The van der Waals surface area contributed by atoms with Crippen LogP contribution in [-0.4, -0.2) is 30.1 Å². The monoisotopic (exact) mass is 310 g/mol. The fourth-order valence-corrected chi connectivity index (χ4v) is 1.66. The lowest BCUT2D eigenvalue weighted by molar-refractivity contribution is -0.136. The molecule has 3 N–H and O–H groups in total. The number of benzene rings is 1. The first-order chi connectivity index (χ1) is 8.45. The third kappa shape index (κ3) is 4.03. The van der Waals surface area contributed by atoms with Crippen molar-refractivity contribution in [2.24, 2.45) is 0 Å². The fourth-order valence-electron chi connectivity index (χ4n) is 1.07. The number of hydrogen-bond donors (Lipinski definition) is 3. The maximum Gasteiger partial charge on any atom is 0.313 e. The lowest BCUT2D eigenvalue weighted by Gasteiger charge is -2.07. The number of anilines is 1. The van der Waals surface area contributed by atoms with E-state index in [2.05, 4.69) is 10.6 Å². The molecule has 0 heterocycles. The van der Waals surface area contributed by atoms with Gasteiger partial charge in [-0.25, -0.2) is 0 Å². The maximum absolute atomic E-state index is 11.4. The van der Waals surface area contributed by atoms with Crippen LogP contribution >= 0.6 is 34.8 Å². The third-order valence-electron chi connectivity index (χ3n) is 1.85. The number of hydrogen-bond acceptors (Lipinski definition) is 3. The predicted molar refractivity (Wildman–Crippen MR) is 70.2 cm³/mol. The summed E-state index contributed by atoms with van der Waals surface area (Å²) in [5.74, 6) is -1.76. The minimum absolute atomic E-state index is 0.00557. The highest BCUT2D eigenvalue weighted by Crippen LogP contribution is 2.33. The number of carbonyl (C=O) groups is 2. The Bertz CT molecular complexity index is 456. The second-order valence-corrected chi connectivity index (χ2v) is 4.38. The molecule has 0 spiro atoms. The van der Waals surface area contributed by atoms with E-state index in [4.69, 9.17) is 39.9 Å². The van der Waals surface area contributed by atoms with Gasteiger partial charge in [-0.2, -0.15) is 0 Å². The zero-order valence-corrected chi connectivity index (χ0v) is 11.2. The molecule has 0 unspecified atom stereocenters. The minimum atomic E-state index is -0.891. The molecule has 0 aliphatic heterocycles. The lowest BCUT2D eigenvalue weighted by Crippen LogP contribution is -2.36. The van der Waals surface area contributed by atoms with Gasteiger partial charge < -0.3 is 15.7 Å². The quantitative estimate of drug-likeness (QED) is 0.587. The Hall–Kier alpha value is -1.01. The van der Waals surface area contributed by atoms with Crippen molar-refractivity contribution >= 4 is 52.3 Å². The number of carbonyl (C=O) groups excluding carboxylic acids is 2. The Morgan fingerprint density at radius 3 is 2.17 bits per heavy atom. The number of nitrogens with one attached hydrogen (secondary N) is 2. The normalized spacial score (nSPS) is 10.0. The predicted octanol–water partition coefficient (Wildman–Crippen LogP) is 1.69. The Balaban J connectivity index is 2.73. The highest BCUT2D eigenvalue weighted by molar-refractivity contribution is 6.48. The van der Waals surface area contributed by atoms with Gasteiger partial charge in [-0.15, -0.1) is 0 Å². The van der Waals surface area contributed by atoms with Crippen LogP contribution < -0.4 is 10.6 Å². The number of amides is 2. The zero-order valence-electron chi connectivity index (χ0n) is 8.97. The van der Waals surface area contributed by atoms with E-state index in [1.165, 1.54) is 12.1 Å². The first-order valence-corrected chi connectivity index (χ1v) is 5.93. The highest BCUT2D eigenvalue weighted by atomic mass is 35.5. The van der Waals surface area contributed by atoms with Gasteiger partial charge in [0.25, 0.3) is 0 Å². The molecule has 1 rings (SSSR count). The second-order valence-electron chi connectivity index (χ2n) is 3.19. The number of halogens is 3. The van der Waals surface area contributed by atoms with Gasteiger partial charge in [-0.1, -0.05) is 34.8 Å². The maximum atomic E-state index is 11.4. The summed E-state index contributed by atoms with van der Waals surface area (Å²) in [4.78, 5) is 22.6. The summed E-state index contributed by atoms with van der Waals surface area (Å²) in [7, 11) is 0. The van der Waals surface area contributed by atoms with Crippen molar-refractivity contribution in [2.75, 3.05) is 18.5 Å². The van der Waals surface area contributed by atoms with E-state index in [9.17, 15) is 9.59 Å². The van der Waals surface area contributed by atoms with Crippen molar-refractivity contribution in [2.45, 2.75) is 0 Å². The van der Waals surface area contributed by atoms with Crippen molar-refractivity contribution in [1.29, 1.82) is 0 Å². The molecule has 0 saturated heterocycles. The Morgan fingerprint density at radius 1 is 1.11 bits per heavy atom. The topological polar surface area (TPSA) is 78.4 Å². The molecule has 0 aliphatic rings. The van der Waals surface area contributed by atoms with Crippen LogP contribution in [0.15, 0.2) is 12.1 Å². The Labute approximate surface area is 118 Å². The van der Waals surface area contributed by atoms with Gasteiger partial charge in [-0.3, -0.25) is 9.59 Å². The number of aliphatic hydroxyl groups is 1. The van der Waals surface area contributed by atoms with Crippen LogP contribution in [0, 0.1) is 0 Å². The average Bonchev–Trinajstić information content (AvgIpc) is 2.32. The molecule has 0 radical (unpaired) electrons. The first-order valence-electron chi connectivity index (χ1n) is 4.80. The van der Waals surface area contributed by atoms with Gasteiger partial charge in [0, 0.05) is 12.2 Å². The lowest BCUT2D eigenvalue weighted by atomic mass is 10.3. The highest BCUT2D eigenvalue weighted by Gasteiger charge is 2.14. The van der Waals surface area contributed by atoms with Crippen LogP contribution in [0.3, 0.4) is 0 Å². The standard InChI is InChI=1S/C10H9Cl3N2O3/c11-6-3-5(4-7(12)8(6)13)15-10(18)9(17)14-1-2-16/h3-4,16H,1-2H2,(H,14,17)(H,15,18). The molecule has 1 aromatic rings. The van der Waals surface area contributed by atoms with Crippen LogP contribution in [-0.2, 0) is 9.59 Å². The molecule has 2 amide bonds. The van der Waals surface area contributed by atoms with E-state index in [0.717, 1.165) is 0 Å². The summed E-state index contributed by atoms with van der Waals surface area (Å²) in [6.07, 6.45) is 0. The largest absolute Gasteiger partial charge is 0.395 e. The van der Waals surface area contributed by atoms with E-state index >= 15 is 0 Å². The Morgan fingerprint density at radius 2 is 1.67 bits per heavy atom. The summed E-state index contributed by atoms with van der Waals surface area (Å²) in [6, 6.07) is 2.74. The molecule has 8 heteroatoms. The molecule has 98 valence electrons. The van der Waals surface area contributed by atoms with Crippen LogP contribution in [0.1, 0.15) is 0 Å². The molecule has 0 aromatic heterocycles. The zero-order chi connectivity index (χ0) is 13.7. The first kappa shape index (κ1) is 15.0. The van der Waals surface area contributed by atoms with Crippen LogP contribution in [0.4, 0.5) is 5.69 Å². The summed E-state index contributed by atoms with van der Waals surface area (Å²) in [5, 5.41) is 13.5. The smallest absolute Gasteiger partial charge is 0.313 e. The van der Waals surface area contributed by atoms with Crippen molar-refractivity contribution in [3.63, 3.8) is 0 Å². The SMILES string of the molecule is O=C(NCCO)C(=O)Nc1cc(Cl)c(Cl)c(Cl)c1.